The minimum atomic E-state index is -0.498. The predicted molar refractivity (Wildman–Crippen MR) is 110 cm³/mol. The first-order chi connectivity index (χ1) is 13.5. The van der Waals surface area contributed by atoms with Crippen LogP contribution in [-0.4, -0.2) is 22.6 Å². The molecule has 148 valence electrons. The van der Waals surface area contributed by atoms with Crippen molar-refractivity contribution in [1.82, 2.24) is 9.55 Å². The van der Waals surface area contributed by atoms with Gasteiger partial charge < -0.3 is 9.15 Å². The van der Waals surface area contributed by atoms with Gasteiger partial charge in [0.15, 0.2) is 5.16 Å². The molecule has 8 heteroatoms. The summed E-state index contributed by atoms with van der Waals surface area (Å²) in [5, 5.41) is 1.46. The van der Waals surface area contributed by atoms with Gasteiger partial charge in [-0.05, 0) is 38.3 Å². The van der Waals surface area contributed by atoms with E-state index < -0.39 is 5.97 Å². The van der Waals surface area contributed by atoms with Crippen molar-refractivity contribution in [3.8, 4) is 0 Å². The van der Waals surface area contributed by atoms with Crippen molar-refractivity contribution < 1.29 is 13.9 Å². The van der Waals surface area contributed by atoms with Gasteiger partial charge in [0.05, 0.1) is 18.8 Å². The summed E-state index contributed by atoms with van der Waals surface area (Å²) in [5.74, 6) is 0.185. The standard InChI is InChI=1S/C20H22N2O4S2/c1-11-12(2)28-17-15(11)18(23)22(14-6-4-5-7-14)20(21-17)27-10-13-8-9-26-16(13)19(24)25-3/h8-9,14H,4-7,10H2,1-3H3. The summed E-state index contributed by atoms with van der Waals surface area (Å²) in [6.45, 7) is 4.03. The zero-order valence-electron chi connectivity index (χ0n) is 16.1. The van der Waals surface area contributed by atoms with E-state index in [2.05, 4.69) is 0 Å². The first-order valence-electron chi connectivity index (χ1n) is 9.31. The Morgan fingerprint density at radius 3 is 2.86 bits per heavy atom. The van der Waals surface area contributed by atoms with Crippen molar-refractivity contribution in [3.05, 3.63) is 44.4 Å². The molecular weight excluding hydrogens is 396 g/mol. The number of ether oxygens (including phenoxy) is 1. The molecule has 0 N–H and O–H groups in total. The molecule has 0 spiro atoms. The van der Waals surface area contributed by atoms with E-state index in [-0.39, 0.29) is 17.4 Å². The molecule has 3 aromatic rings. The Bertz CT molecular complexity index is 1090. The van der Waals surface area contributed by atoms with Gasteiger partial charge in [0.25, 0.3) is 5.56 Å². The fourth-order valence-electron chi connectivity index (χ4n) is 3.74. The highest BCUT2D eigenvalue weighted by molar-refractivity contribution is 7.98. The van der Waals surface area contributed by atoms with E-state index in [0.717, 1.165) is 51.9 Å². The van der Waals surface area contributed by atoms with Crippen molar-refractivity contribution in [3.63, 3.8) is 0 Å². The van der Waals surface area contributed by atoms with Crippen LogP contribution in [-0.2, 0) is 10.5 Å². The lowest BCUT2D eigenvalue weighted by atomic mass is 10.2. The minimum absolute atomic E-state index is 0.0571. The van der Waals surface area contributed by atoms with Crippen LogP contribution in [0.2, 0.25) is 0 Å². The predicted octanol–water partition coefficient (Wildman–Crippen LogP) is 4.86. The largest absolute Gasteiger partial charge is 0.463 e. The summed E-state index contributed by atoms with van der Waals surface area (Å²) in [6, 6.07) is 1.95. The zero-order valence-corrected chi connectivity index (χ0v) is 17.7. The van der Waals surface area contributed by atoms with Crippen molar-refractivity contribution in [2.45, 2.75) is 56.5 Å². The molecule has 0 bridgehead atoms. The van der Waals surface area contributed by atoms with Crippen LogP contribution in [0.25, 0.3) is 10.2 Å². The SMILES string of the molecule is COC(=O)c1occc1CSc1nc2sc(C)c(C)c2c(=O)n1C1CCCC1. The maximum atomic E-state index is 13.4. The quantitative estimate of drug-likeness (QED) is 0.335. The lowest BCUT2D eigenvalue weighted by Gasteiger charge is -2.18. The van der Waals surface area contributed by atoms with Gasteiger partial charge in [0.1, 0.15) is 4.83 Å². The topological polar surface area (TPSA) is 74.3 Å². The highest BCUT2D eigenvalue weighted by atomic mass is 32.2. The third-order valence-corrected chi connectivity index (χ3v) is 7.47. The van der Waals surface area contributed by atoms with Gasteiger partial charge in [0, 0.05) is 22.2 Å². The number of aryl methyl sites for hydroxylation is 2. The van der Waals surface area contributed by atoms with Gasteiger partial charge in [-0.1, -0.05) is 24.6 Å². The number of thiophene rings is 1. The van der Waals surface area contributed by atoms with Crippen LogP contribution >= 0.6 is 23.1 Å². The monoisotopic (exact) mass is 418 g/mol. The zero-order chi connectivity index (χ0) is 19.8. The van der Waals surface area contributed by atoms with Crippen LogP contribution in [0.4, 0.5) is 0 Å². The Hall–Kier alpha value is -2.06. The lowest BCUT2D eigenvalue weighted by molar-refractivity contribution is 0.0564. The number of furan rings is 1. The summed E-state index contributed by atoms with van der Waals surface area (Å²) < 4.78 is 11.9. The second-order valence-corrected chi connectivity index (χ2v) is 9.17. The number of rotatable bonds is 5. The van der Waals surface area contributed by atoms with Gasteiger partial charge in [-0.3, -0.25) is 9.36 Å². The summed E-state index contributed by atoms with van der Waals surface area (Å²) in [7, 11) is 1.33. The normalized spacial score (nSPS) is 14.8. The van der Waals surface area contributed by atoms with E-state index in [1.54, 1.807) is 17.4 Å². The van der Waals surface area contributed by atoms with Crippen LogP contribution in [0.5, 0.6) is 0 Å². The first-order valence-corrected chi connectivity index (χ1v) is 11.1. The van der Waals surface area contributed by atoms with E-state index in [9.17, 15) is 9.59 Å². The summed E-state index contributed by atoms with van der Waals surface area (Å²) in [4.78, 5) is 32.0. The number of carbonyl (C=O) groups excluding carboxylic acids is 1. The molecule has 3 aromatic heterocycles. The number of esters is 1. The molecular formula is C20H22N2O4S2. The molecule has 1 aliphatic rings. The number of thioether (sulfide) groups is 1. The number of nitrogens with zero attached hydrogens (tertiary/aromatic N) is 2. The Kier molecular flexibility index (Phi) is 5.33. The number of methoxy groups -OCH3 is 1. The van der Waals surface area contributed by atoms with Gasteiger partial charge >= 0.3 is 5.97 Å². The van der Waals surface area contributed by atoms with Crippen molar-refractivity contribution in [1.29, 1.82) is 0 Å². The van der Waals surface area contributed by atoms with Gasteiger partial charge in [0.2, 0.25) is 5.76 Å². The van der Waals surface area contributed by atoms with Crippen LogP contribution < -0.4 is 5.56 Å². The molecule has 28 heavy (non-hydrogen) atoms. The molecule has 0 aliphatic heterocycles. The van der Waals surface area contributed by atoms with Gasteiger partial charge in [-0.15, -0.1) is 11.3 Å². The lowest BCUT2D eigenvalue weighted by Crippen LogP contribution is -2.26. The number of fused-ring (bicyclic) bond motifs is 1. The molecule has 4 rings (SSSR count). The van der Waals surface area contributed by atoms with E-state index in [1.165, 1.54) is 25.1 Å². The first kappa shape index (κ1) is 19.3. The Balaban J connectivity index is 1.75. The maximum Gasteiger partial charge on any atom is 0.374 e. The second kappa shape index (κ2) is 7.75. The Labute approximate surface area is 170 Å². The molecule has 1 fully saturated rings. The van der Waals surface area contributed by atoms with E-state index in [4.69, 9.17) is 14.1 Å². The molecule has 6 nitrogen and oxygen atoms in total. The van der Waals surface area contributed by atoms with Crippen LogP contribution in [0.3, 0.4) is 0 Å². The van der Waals surface area contributed by atoms with Crippen molar-refractivity contribution in [2.24, 2.45) is 0 Å². The minimum Gasteiger partial charge on any atom is -0.463 e. The summed E-state index contributed by atoms with van der Waals surface area (Å²) >= 11 is 3.03. The smallest absolute Gasteiger partial charge is 0.374 e. The van der Waals surface area contributed by atoms with E-state index in [1.807, 2.05) is 18.4 Å². The number of hydrogen-bond acceptors (Lipinski definition) is 7. The average Bonchev–Trinajstić information content (AvgIpc) is 3.41. The summed E-state index contributed by atoms with van der Waals surface area (Å²) in [6.07, 6.45) is 5.75. The maximum absolute atomic E-state index is 13.4. The molecule has 1 saturated carbocycles. The number of carbonyl (C=O) groups is 1. The van der Waals surface area contributed by atoms with Gasteiger partial charge in [-0.25, -0.2) is 9.78 Å². The molecule has 0 amide bonds. The highest BCUT2D eigenvalue weighted by Crippen LogP contribution is 2.35. The molecule has 0 saturated heterocycles. The summed E-state index contributed by atoms with van der Waals surface area (Å²) in [5.41, 5.74) is 1.83. The molecule has 1 aliphatic carbocycles. The van der Waals surface area contributed by atoms with Crippen LogP contribution in [0.1, 0.15) is 58.3 Å². The third kappa shape index (κ3) is 3.28. The Morgan fingerprint density at radius 2 is 2.14 bits per heavy atom. The van der Waals surface area contributed by atoms with E-state index in [0.29, 0.717) is 10.9 Å². The molecule has 3 heterocycles. The molecule has 0 radical (unpaired) electrons. The Morgan fingerprint density at radius 1 is 1.39 bits per heavy atom. The fraction of sp³-hybridized carbons (Fsp3) is 0.450. The van der Waals surface area contributed by atoms with Crippen LogP contribution in [0, 0.1) is 13.8 Å². The average molecular weight is 419 g/mol. The van der Waals surface area contributed by atoms with Crippen LogP contribution in [0.15, 0.2) is 26.7 Å². The molecule has 0 atom stereocenters. The number of hydrogen-bond donors (Lipinski definition) is 0. The van der Waals surface area contributed by atoms with E-state index >= 15 is 0 Å². The van der Waals surface area contributed by atoms with Crippen molar-refractivity contribution in [2.75, 3.05) is 7.11 Å². The molecule has 0 unspecified atom stereocenters. The highest BCUT2D eigenvalue weighted by Gasteiger charge is 2.25. The third-order valence-electron chi connectivity index (χ3n) is 5.37. The number of aromatic nitrogens is 2. The second-order valence-electron chi connectivity index (χ2n) is 7.03. The van der Waals surface area contributed by atoms with Gasteiger partial charge in [-0.2, -0.15) is 0 Å². The van der Waals surface area contributed by atoms with Crippen molar-refractivity contribution >= 4 is 39.3 Å². The molecule has 0 aromatic carbocycles. The fourth-order valence-corrected chi connectivity index (χ4v) is 5.85.